The van der Waals surface area contributed by atoms with Crippen LogP contribution in [0, 0.1) is 22.7 Å². The Labute approximate surface area is 195 Å². The number of nitriles is 2. The molecular weight excluding hydrogens is 426 g/mol. The Kier molecular flexibility index (Phi) is 5.17. The van der Waals surface area contributed by atoms with Crippen LogP contribution in [-0.2, 0) is 13.5 Å². The number of pyridine rings is 1. The van der Waals surface area contributed by atoms with Crippen molar-refractivity contribution in [3.05, 3.63) is 107 Å². The molecule has 5 aromatic rings. The van der Waals surface area contributed by atoms with E-state index in [-0.39, 0.29) is 11.5 Å². The van der Waals surface area contributed by atoms with Crippen molar-refractivity contribution >= 4 is 16.7 Å². The molecule has 0 atom stereocenters. The Morgan fingerprint density at radius 1 is 1.09 bits per heavy atom. The third kappa shape index (κ3) is 3.60. The van der Waals surface area contributed by atoms with Crippen molar-refractivity contribution in [3.8, 4) is 17.8 Å². The maximum atomic E-state index is 13.0. The molecular formula is C26H17N7O. The number of ketones is 1. The van der Waals surface area contributed by atoms with E-state index in [1.54, 1.807) is 47.0 Å². The summed E-state index contributed by atoms with van der Waals surface area (Å²) in [7, 11) is 1.75. The van der Waals surface area contributed by atoms with Crippen LogP contribution in [0.5, 0.6) is 0 Å². The summed E-state index contributed by atoms with van der Waals surface area (Å²) in [6, 6.07) is 18.9. The number of hydrogen-bond acceptors (Lipinski definition) is 6. The predicted octanol–water partition coefficient (Wildman–Crippen LogP) is 3.72. The van der Waals surface area contributed by atoms with Gasteiger partial charge in [-0.15, -0.1) is 0 Å². The molecule has 3 aromatic heterocycles. The largest absolute Gasteiger partial charge is 0.331 e. The number of rotatable bonds is 5. The van der Waals surface area contributed by atoms with Gasteiger partial charge in [0.2, 0.25) is 5.78 Å². The molecule has 0 aliphatic rings. The van der Waals surface area contributed by atoms with Crippen molar-refractivity contribution in [2.24, 2.45) is 7.05 Å². The Balaban J connectivity index is 1.58. The van der Waals surface area contributed by atoms with Crippen molar-refractivity contribution in [1.82, 2.24) is 24.3 Å². The first-order valence-electron chi connectivity index (χ1n) is 10.5. The van der Waals surface area contributed by atoms with Crippen LogP contribution >= 0.6 is 0 Å². The molecule has 0 spiro atoms. The highest BCUT2D eigenvalue weighted by atomic mass is 16.1. The van der Waals surface area contributed by atoms with Crippen LogP contribution < -0.4 is 0 Å². The Morgan fingerprint density at radius 3 is 2.56 bits per heavy atom. The quantitative estimate of drug-likeness (QED) is 0.383. The van der Waals surface area contributed by atoms with E-state index in [2.05, 4.69) is 27.2 Å². The molecule has 3 heterocycles. The van der Waals surface area contributed by atoms with E-state index < -0.39 is 0 Å². The standard InChI is InChI=1S/C26H17N7O/c1-32-16-29-15-25(32)26(34)18-5-8-23-21(12-18)22(13-27)20(24(14-28)31-23)11-17-3-6-19(7-4-17)33-10-2-9-30-33/h2-10,12,15-16H,11H2,1H3. The molecule has 8 nitrogen and oxygen atoms in total. The molecule has 0 fully saturated rings. The third-order valence-corrected chi connectivity index (χ3v) is 5.70. The summed E-state index contributed by atoms with van der Waals surface area (Å²) < 4.78 is 3.40. The smallest absolute Gasteiger partial charge is 0.211 e. The molecule has 0 aliphatic carbocycles. The summed E-state index contributed by atoms with van der Waals surface area (Å²) in [6.45, 7) is 0. The number of carbonyl (C=O) groups excluding carboxylic acids is 1. The molecule has 8 heteroatoms. The van der Waals surface area contributed by atoms with Crippen molar-refractivity contribution in [1.29, 1.82) is 10.5 Å². The highest BCUT2D eigenvalue weighted by Gasteiger charge is 2.19. The van der Waals surface area contributed by atoms with Crippen LogP contribution in [0.1, 0.15) is 38.4 Å². The molecule has 0 unspecified atom stereocenters. The summed E-state index contributed by atoms with van der Waals surface area (Å²) in [5, 5.41) is 24.6. The number of nitrogens with zero attached hydrogens (tertiary/aromatic N) is 7. The van der Waals surface area contributed by atoms with Gasteiger partial charge in [0.25, 0.3) is 0 Å². The normalized spacial score (nSPS) is 10.7. The zero-order valence-corrected chi connectivity index (χ0v) is 18.2. The number of hydrogen-bond donors (Lipinski definition) is 0. The van der Waals surface area contributed by atoms with Crippen molar-refractivity contribution in [2.45, 2.75) is 6.42 Å². The van der Waals surface area contributed by atoms with Crippen LogP contribution in [0.15, 0.2) is 73.4 Å². The third-order valence-electron chi connectivity index (χ3n) is 5.70. The Morgan fingerprint density at radius 2 is 1.91 bits per heavy atom. The van der Waals surface area contributed by atoms with E-state index in [4.69, 9.17) is 0 Å². The predicted molar refractivity (Wildman–Crippen MR) is 124 cm³/mol. The fourth-order valence-electron chi connectivity index (χ4n) is 3.95. The summed E-state index contributed by atoms with van der Waals surface area (Å²) in [6.07, 6.45) is 6.99. The van der Waals surface area contributed by atoms with E-state index in [1.165, 1.54) is 6.20 Å². The van der Waals surface area contributed by atoms with Gasteiger partial charge >= 0.3 is 0 Å². The van der Waals surface area contributed by atoms with Crippen molar-refractivity contribution < 1.29 is 4.79 Å². The lowest BCUT2D eigenvalue weighted by molar-refractivity contribution is 0.103. The lowest BCUT2D eigenvalue weighted by Gasteiger charge is -2.11. The van der Waals surface area contributed by atoms with E-state index in [0.29, 0.717) is 39.7 Å². The summed E-state index contributed by atoms with van der Waals surface area (Å²) in [5.74, 6) is -0.203. The number of aryl methyl sites for hydroxylation is 1. The van der Waals surface area contributed by atoms with E-state index in [0.717, 1.165) is 11.3 Å². The van der Waals surface area contributed by atoms with E-state index in [1.807, 2.05) is 36.5 Å². The highest BCUT2D eigenvalue weighted by molar-refractivity contribution is 6.09. The fourth-order valence-corrected chi connectivity index (χ4v) is 3.95. The lowest BCUT2D eigenvalue weighted by Crippen LogP contribution is -2.08. The molecule has 0 saturated heterocycles. The molecule has 2 aromatic carbocycles. The van der Waals surface area contributed by atoms with Gasteiger partial charge in [0.1, 0.15) is 23.5 Å². The van der Waals surface area contributed by atoms with Gasteiger partial charge < -0.3 is 4.57 Å². The second kappa shape index (κ2) is 8.45. The van der Waals surface area contributed by atoms with E-state index in [9.17, 15) is 15.3 Å². The van der Waals surface area contributed by atoms with Gasteiger partial charge in [-0.05, 0) is 42.0 Å². The van der Waals surface area contributed by atoms with Gasteiger partial charge in [-0.1, -0.05) is 12.1 Å². The minimum Gasteiger partial charge on any atom is -0.331 e. The van der Waals surface area contributed by atoms with Crippen LogP contribution in [0.4, 0.5) is 0 Å². The molecule has 0 amide bonds. The van der Waals surface area contributed by atoms with Gasteiger partial charge in [0.15, 0.2) is 0 Å². The highest BCUT2D eigenvalue weighted by Crippen LogP contribution is 2.27. The number of benzene rings is 2. The minimum absolute atomic E-state index is 0.200. The SMILES string of the molecule is Cn1cncc1C(=O)c1ccc2nc(C#N)c(Cc3ccc(-n4cccn4)cc3)c(C#N)c2c1. The summed E-state index contributed by atoms with van der Waals surface area (Å²) in [5.41, 5.74) is 4.27. The van der Waals surface area contributed by atoms with Crippen LogP contribution in [0.2, 0.25) is 0 Å². The molecule has 0 radical (unpaired) electrons. The second-order valence-electron chi connectivity index (χ2n) is 7.78. The molecule has 162 valence electrons. The lowest BCUT2D eigenvalue weighted by atomic mass is 9.94. The summed E-state index contributed by atoms with van der Waals surface area (Å²) in [4.78, 5) is 21.5. The number of fused-ring (bicyclic) bond motifs is 1. The van der Waals surface area contributed by atoms with Gasteiger partial charge in [-0.2, -0.15) is 15.6 Å². The minimum atomic E-state index is -0.203. The number of imidazole rings is 1. The number of carbonyl (C=O) groups is 1. The maximum absolute atomic E-state index is 13.0. The van der Waals surface area contributed by atoms with Gasteiger partial charge in [-0.3, -0.25) is 4.79 Å². The second-order valence-corrected chi connectivity index (χ2v) is 7.78. The van der Waals surface area contributed by atoms with Gasteiger partial charge in [-0.25, -0.2) is 14.6 Å². The maximum Gasteiger partial charge on any atom is 0.211 e. The first-order valence-corrected chi connectivity index (χ1v) is 10.5. The van der Waals surface area contributed by atoms with Crippen LogP contribution in [-0.4, -0.2) is 30.1 Å². The topological polar surface area (TPSA) is 113 Å². The van der Waals surface area contributed by atoms with E-state index >= 15 is 0 Å². The van der Waals surface area contributed by atoms with Gasteiger partial charge in [0, 0.05) is 42.4 Å². The van der Waals surface area contributed by atoms with Gasteiger partial charge in [0.05, 0.1) is 29.3 Å². The van der Waals surface area contributed by atoms with Crippen LogP contribution in [0.25, 0.3) is 16.6 Å². The number of aromatic nitrogens is 5. The summed E-state index contributed by atoms with van der Waals surface area (Å²) >= 11 is 0. The molecule has 0 aliphatic heterocycles. The van der Waals surface area contributed by atoms with Crippen molar-refractivity contribution in [3.63, 3.8) is 0 Å². The first kappa shape index (κ1) is 20.8. The zero-order chi connectivity index (χ0) is 23.7. The molecule has 0 N–H and O–H groups in total. The zero-order valence-electron chi connectivity index (χ0n) is 18.2. The fraction of sp³-hybridized carbons (Fsp3) is 0.0769. The molecule has 0 saturated carbocycles. The average Bonchev–Trinajstić information content (AvgIpc) is 3.55. The molecule has 0 bridgehead atoms. The molecule has 5 rings (SSSR count). The van der Waals surface area contributed by atoms with Crippen LogP contribution in [0.3, 0.4) is 0 Å². The Hall–Kier alpha value is -5.08. The monoisotopic (exact) mass is 443 g/mol. The Bertz CT molecular complexity index is 1620. The van der Waals surface area contributed by atoms with Crippen molar-refractivity contribution in [2.75, 3.05) is 0 Å². The first-order chi connectivity index (χ1) is 16.6. The average molecular weight is 443 g/mol. The molecule has 34 heavy (non-hydrogen) atoms.